The van der Waals surface area contributed by atoms with E-state index in [1.165, 1.54) is 27.8 Å². The average molecular weight is 318 g/mol. The van der Waals surface area contributed by atoms with Crippen LogP contribution in [-0.4, -0.2) is 0 Å². The second kappa shape index (κ2) is 5.89. The van der Waals surface area contributed by atoms with Crippen molar-refractivity contribution in [1.29, 1.82) is 0 Å². The van der Waals surface area contributed by atoms with Crippen molar-refractivity contribution in [3.05, 3.63) is 68.7 Å². The maximum atomic E-state index is 6.39. The van der Waals surface area contributed by atoms with Crippen molar-refractivity contribution in [2.75, 3.05) is 0 Å². The lowest BCUT2D eigenvalue weighted by atomic mass is 9.93. The molecule has 0 bridgehead atoms. The average Bonchev–Trinajstić information content (AvgIpc) is 2.36. The molecule has 0 spiro atoms. The number of nitrogens with two attached hydrogens (primary N) is 1. The zero-order chi connectivity index (χ0) is 14.0. The first-order valence-electron chi connectivity index (χ1n) is 6.55. The molecule has 2 aromatic carbocycles. The van der Waals surface area contributed by atoms with Gasteiger partial charge in [-0.3, -0.25) is 0 Å². The number of rotatable bonds is 3. The SMILES string of the molecule is Cc1cc(C)c(C(N)Cc2ccccc2Br)cc1C. The molecule has 100 valence electrons. The molecule has 0 aliphatic carbocycles. The van der Waals surface area contributed by atoms with Crippen molar-refractivity contribution >= 4 is 15.9 Å². The number of halogens is 1. The maximum absolute atomic E-state index is 6.39. The molecule has 2 heteroatoms. The van der Waals surface area contributed by atoms with E-state index in [0.717, 1.165) is 10.9 Å². The van der Waals surface area contributed by atoms with Crippen molar-refractivity contribution in [1.82, 2.24) is 0 Å². The van der Waals surface area contributed by atoms with Crippen molar-refractivity contribution < 1.29 is 0 Å². The predicted octanol–water partition coefficient (Wildman–Crippen LogP) is 4.62. The van der Waals surface area contributed by atoms with E-state index in [4.69, 9.17) is 5.73 Å². The Labute approximate surface area is 124 Å². The maximum Gasteiger partial charge on any atom is 0.0338 e. The van der Waals surface area contributed by atoms with Crippen LogP contribution in [0.1, 0.15) is 33.9 Å². The van der Waals surface area contributed by atoms with Crippen LogP contribution in [0.2, 0.25) is 0 Å². The smallest absolute Gasteiger partial charge is 0.0338 e. The highest BCUT2D eigenvalue weighted by atomic mass is 79.9. The van der Waals surface area contributed by atoms with E-state index >= 15 is 0 Å². The van der Waals surface area contributed by atoms with E-state index in [9.17, 15) is 0 Å². The molecule has 0 aliphatic rings. The van der Waals surface area contributed by atoms with Gasteiger partial charge in [-0.1, -0.05) is 46.3 Å². The molecule has 1 unspecified atom stereocenters. The molecule has 1 nitrogen and oxygen atoms in total. The number of hydrogen-bond donors (Lipinski definition) is 1. The zero-order valence-electron chi connectivity index (χ0n) is 11.7. The molecule has 2 aromatic rings. The topological polar surface area (TPSA) is 26.0 Å². The van der Waals surface area contributed by atoms with Gasteiger partial charge in [-0.25, -0.2) is 0 Å². The number of hydrogen-bond acceptors (Lipinski definition) is 1. The van der Waals surface area contributed by atoms with E-state index in [1.807, 2.05) is 6.07 Å². The van der Waals surface area contributed by atoms with Gasteiger partial charge in [0, 0.05) is 10.5 Å². The van der Waals surface area contributed by atoms with Crippen LogP contribution in [0.15, 0.2) is 40.9 Å². The van der Waals surface area contributed by atoms with E-state index in [1.54, 1.807) is 0 Å². The molecule has 0 saturated carbocycles. The summed E-state index contributed by atoms with van der Waals surface area (Å²) < 4.78 is 1.13. The fourth-order valence-corrected chi connectivity index (χ4v) is 2.84. The first-order valence-corrected chi connectivity index (χ1v) is 7.35. The van der Waals surface area contributed by atoms with E-state index < -0.39 is 0 Å². The third-order valence-corrected chi connectivity index (χ3v) is 4.45. The van der Waals surface area contributed by atoms with Crippen LogP contribution in [0, 0.1) is 20.8 Å². The van der Waals surface area contributed by atoms with Crippen molar-refractivity contribution in [2.45, 2.75) is 33.2 Å². The molecular weight excluding hydrogens is 298 g/mol. The lowest BCUT2D eigenvalue weighted by molar-refractivity contribution is 0.713. The van der Waals surface area contributed by atoms with E-state index in [2.05, 4.69) is 67.0 Å². The van der Waals surface area contributed by atoms with Gasteiger partial charge in [-0.05, 0) is 61.1 Å². The molecule has 0 amide bonds. The van der Waals surface area contributed by atoms with Crippen LogP contribution in [-0.2, 0) is 6.42 Å². The highest BCUT2D eigenvalue weighted by Gasteiger charge is 2.12. The second-order valence-electron chi connectivity index (χ2n) is 5.20. The van der Waals surface area contributed by atoms with Crippen LogP contribution >= 0.6 is 15.9 Å². The van der Waals surface area contributed by atoms with Gasteiger partial charge in [0.1, 0.15) is 0 Å². The fraction of sp³-hybridized carbons (Fsp3) is 0.294. The van der Waals surface area contributed by atoms with Crippen molar-refractivity contribution in [2.24, 2.45) is 5.73 Å². The largest absolute Gasteiger partial charge is 0.324 e. The summed E-state index contributed by atoms with van der Waals surface area (Å²) in [7, 11) is 0. The van der Waals surface area contributed by atoms with Gasteiger partial charge in [0.2, 0.25) is 0 Å². The lowest BCUT2D eigenvalue weighted by Gasteiger charge is -2.17. The Morgan fingerprint density at radius 3 is 2.32 bits per heavy atom. The number of aryl methyl sites for hydroxylation is 3. The first kappa shape index (κ1) is 14.3. The van der Waals surface area contributed by atoms with Gasteiger partial charge in [0.15, 0.2) is 0 Å². The summed E-state index contributed by atoms with van der Waals surface area (Å²) in [6, 6.07) is 12.8. The van der Waals surface area contributed by atoms with Gasteiger partial charge in [0.25, 0.3) is 0 Å². The van der Waals surface area contributed by atoms with E-state index in [-0.39, 0.29) is 6.04 Å². The molecule has 0 heterocycles. The monoisotopic (exact) mass is 317 g/mol. The summed E-state index contributed by atoms with van der Waals surface area (Å²) in [6.45, 7) is 6.43. The summed E-state index contributed by atoms with van der Waals surface area (Å²) in [5, 5.41) is 0. The van der Waals surface area contributed by atoms with Gasteiger partial charge >= 0.3 is 0 Å². The fourth-order valence-electron chi connectivity index (χ4n) is 2.39. The third kappa shape index (κ3) is 3.26. The summed E-state index contributed by atoms with van der Waals surface area (Å²) >= 11 is 3.59. The van der Waals surface area contributed by atoms with Gasteiger partial charge in [-0.15, -0.1) is 0 Å². The molecular formula is C17H20BrN. The quantitative estimate of drug-likeness (QED) is 0.878. The van der Waals surface area contributed by atoms with Gasteiger partial charge in [-0.2, -0.15) is 0 Å². The summed E-state index contributed by atoms with van der Waals surface area (Å²) in [5.74, 6) is 0. The van der Waals surface area contributed by atoms with Crippen molar-refractivity contribution in [3.8, 4) is 0 Å². The third-order valence-electron chi connectivity index (χ3n) is 3.68. The van der Waals surface area contributed by atoms with Crippen LogP contribution in [0.5, 0.6) is 0 Å². The molecule has 0 fully saturated rings. The summed E-state index contributed by atoms with van der Waals surface area (Å²) in [6.07, 6.45) is 0.852. The first-order chi connectivity index (χ1) is 8.99. The van der Waals surface area contributed by atoms with Gasteiger partial charge in [0.05, 0.1) is 0 Å². The standard InChI is InChI=1S/C17H20BrN/c1-11-8-13(3)15(9-12(11)2)17(19)10-14-6-4-5-7-16(14)18/h4-9,17H,10,19H2,1-3H3. The molecule has 19 heavy (non-hydrogen) atoms. The van der Waals surface area contributed by atoms with Crippen LogP contribution in [0.4, 0.5) is 0 Å². The highest BCUT2D eigenvalue weighted by Crippen LogP contribution is 2.26. The molecule has 0 radical (unpaired) electrons. The summed E-state index contributed by atoms with van der Waals surface area (Å²) in [4.78, 5) is 0. The molecule has 0 aromatic heterocycles. The second-order valence-corrected chi connectivity index (χ2v) is 6.05. The minimum atomic E-state index is 0.0398. The van der Waals surface area contributed by atoms with Crippen molar-refractivity contribution in [3.63, 3.8) is 0 Å². The molecule has 2 rings (SSSR count). The van der Waals surface area contributed by atoms with Gasteiger partial charge < -0.3 is 5.73 Å². The highest BCUT2D eigenvalue weighted by molar-refractivity contribution is 9.10. The Hall–Kier alpha value is -1.12. The Bertz CT molecular complexity index is 590. The minimum absolute atomic E-state index is 0.0398. The molecule has 0 aliphatic heterocycles. The minimum Gasteiger partial charge on any atom is -0.324 e. The van der Waals surface area contributed by atoms with E-state index in [0.29, 0.717) is 0 Å². The van der Waals surface area contributed by atoms with Crippen LogP contribution in [0.25, 0.3) is 0 Å². The van der Waals surface area contributed by atoms with Crippen LogP contribution < -0.4 is 5.73 Å². The van der Waals surface area contributed by atoms with Crippen LogP contribution in [0.3, 0.4) is 0 Å². The predicted molar refractivity (Wildman–Crippen MR) is 85.4 cm³/mol. The Balaban J connectivity index is 2.28. The number of benzene rings is 2. The summed E-state index contributed by atoms with van der Waals surface area (Å²) in [5.41, 5.74) is 12.8. The normalized spacial score (nSPS) is 12.5. The molecule has 2 N–H and O–H groups in total. The molecule has 0 saturated heterocycles. The Kier molecular flexibility index (Phi) is 4.43. The lowest BCUT2D eigenvalue weighted by Crippen LogP contribution is -2.15. The Morgan fingerprint density at radius 1 is 1.00 bits per heavy atom. The zero-order valence-corrected chi connectivity index (χ0v) is 13.3. The molecule has 1 atom stereocenters. The Morgan fingerprint density at radius 2 is 1.63 bits per heavy atom.